The van der Waals surface area contributed by atoms with Crippen molar-refractivity contribution < 1.29 is 0 Å². The third-order valence-electron chi connectivity index (χ3n) is 3.28. The van der Waals surface area contributed by atoms with E-state index in [1.807, 2.05) is 34.9 Å². The van der Waals surface area contributed by atoms with Gasteiger partial charge in [0.2, 0.25) is 0 Å². The van der Waals surface area contributed by atoms with Gasteiger partial charge in [0.1, 0.15) is 5.82 Å². The lowest BCUT2D eigenvalue weighted by Gasteiger charge is -2.02. The normalized spacial score (nSPS) is 10.9. The Balaban J connectivity index is 1.72. The third kappa shape index (κ3) is 2.92. The van der Waals surface area contributed by atoms with Crippen LogP contribution in [-0.4, -0.2) is 19.3 Å². The SMILES string of the molecule is Cn1ccnc1CCn1cc(-c2cccc(I)c2)cn1. The van der Waals surface area contributed by atoms with Crippen molar-refractivity contribution in [3.63, 3.8) is 0 Å². The van der Waals surface area contributed by atoms with Crippen LogP contribution in [0.4, 0.5) is 0 Å². The number of nitrogens with zero attached hydrogens (tertiary/aromatic N) is 4. The van der Waals surface area contributed by atoms with E-state index in [0.29, 0.717) is 0 Å². The van der Waals surface area contributed by atoms with Crippen molar-refractivity contribution in [3.8, 4) is 11.1 Å². The van der Waals surface area contributed by atoms with Crippen molar-refractivity contribution in [1.29, 1.82) is 0 Å². The zero-order chi connectivity index (χ0) is 13.9. The Hall–Kier alpha value is -1.63. The van der Waals surface area contributed by atoms with Gasteiger partial charge in [0.25, 0.3) is 0 Å². The zero-order valence-electron chi connectivity index (χ0n) is 11.2. The predicted molar refractivity (Wildman–Crippen MR) is 87.3 cm³/mol. The summed E-state index contributed by atoms with van der Waals surface area (Å²) in [6.07, 6.45) is 8.70. The van der Waals surface area contributed by atoms with Crippen LogP contribution in [0.25, 0.3) is 11.1 Å². The van der Waals surface area contributed by atoms with E-state index in [4.69, 9.17) is 0 Å². The second kappa shape index (κ2) is 5.78. The molecule has 0 saturated heterocycles. The quantitative estimate of drug-likeness (QED) is 0.654. The van der Waals surface area contributed by atoms with Crippen molar-refractivity contribution in [2.24, 2.45) is 7.05 Å². The summed E-state index contributed by atoms with van der Waals surface area (Å²) >= 11 is 2.33. The molecule has 1 aromatic carbocycles. The number of benzene rings is 1. The number of hydrogen-bond acceptors (Lipinski definition) is 2. The fraction of sp³-hybridized carbons (Fsp3) is 0.200. The first-order valence-electron chi connectivity index (χ1n) is 6.47. The molecule has 102 valence electrons. The Morgan fingerprint density at radius 1 is 1.25 bits per heavy atom. The van der Waals surface area contributed by atoms with Gasteiger partial charge in [-0.05, 0) is 40.3 Å². The topological polar surface area (TPSA) is 35.6 Å². The molecular weight excluding hydrogens is 363 g/mol. The van der Waals surface area contributed by atoms with E-state index < -0.39 is 0 Å². The molecule has 0 radical (unpaired) electrons. The van der Waals surface area contributed by atoms with Gasteiger partial charge in [0.05, 0.1) is 6.20 Å². The highest BCUT2D eigenvalue weighted by molar-refractivity contribution is 14.1. The monoisotopic (exact) mass is 378 g/mol. The van der Waals surface area contributed by atoms with Crippen molar-refractivity contribution >= 4 is 22.6 Å². The molecular formula is C15H15IN4. The molecule has 0 spiro atoms. The second-order valence-corrected chi connectivity index (χ2v) is 5.95. The van der Waals surface area contributed by atoms with E-state index in [9.17, 15) is 0 Å². The van der Waals surface area contributed by atoms with Crippen molar-refractivity contribution in [2.75, 3.05) is 0 Å². The Labute approximate surface area is 131 Å². The van der Waals surface area contributed by atoms with E-state index in [-0.39, 0.29) is 0 Å². The average molecular weight is 378 g/mol. The minimum atomic E-state index is 0.842. The molecule has 0 bridgehead atoms. The average Bonchev–Trinajstić information content (AvgIpc) is 3.05. The lowest BCUT2D eigenvalue weighted by molar-refractivity contribution is 0.589. The second-order valence-electron chi connectivity index (χ2n) is 4.71. The van der Waals surface area contributed by atoms with Crippen molar-refractivity contribution in [2.45, 2.75) is 13.0 Å². The lowest BCUT2D eigenvalue weighted by Crippen LogP contribution is -2.05. The maximum Gasteiger partial charge on any atom is 0.110 e. The summed E-state index contributed by atoms with van der Waals surface area (Å²) in [5.74, 6) is 1.08. The Morgan fingerprint density at radius 2 is 2.15 bits per heavy atom. The first-order valence-corrected chi connectivity index (χ1v) is 7.55. The molecule has 2 heterocycles. The summed E-state index contributed by atoms with van der Waals surface area (Å²) in [5.41, 5.74) is 2.36. The largest absolute Gasteiger partial charge is 0.338 e. The molecule has 0 saturated carbocycles. The summed E-state index contributed by atoms with van der Waals surface area (Å²) in [6, 6.07) is 8.45. The van der Waals surface area contributed by atoms with Gasteiger partial charge in [0.15, 0.2) is 0 Å². The van der Waals surface area contributed by atoms with E-state index in [0.717, 1.165) is 24.4 Å². The van der Waals surface area contributed by atoms with E-state index in [2.05, 4.69) is 63.1 Å². The fourth-order valence-corrected chi connectivity index (χ4v) is 2.70. The standard InChI is InChI=1S/C15H15IN4/c1-19-8-6-17-15(19)5-7-20-11-13(10-18-20)12-3-2-4-14(16)9-12/h2-4,6,8-11H,5,7H2,1H3. The van der Waals surface area contributed by atoms with Crippen LogP contribution in [0.1, 0.15) is 5.82 Å². The molecule has 20 heavy (non-hydrogen) atoms. The third-order valence-corrected chi connectivity index (χ3v) is 3.95. The minimum absolute atomic E-state index is 0.842. The van der Waals surface area contributed by atoms with Gasteiger partial charge in [-0.2, -0.15) is 5.10 Å². The first kappa shape index (κ1) is 13.4. The molecule has 2 aromatic heterocycles. The molecule has 3 aromatic rings. The molecule has 0 N–H and O–H groups in total. The summed E-state index contributed by atoms with van der Waals surface area (Å²) in [5, 5.41) is 4.43. The van der Waals surface area contributed by atoms with E-state index in [1.165, 1.54) is 9.13 Å². The number of imidazole rings is 1. The number of hydrogen-bond donors (Lipinski definition) is 0. The van der Waals surface area contributed by atoms with Gasteiger partial charge >= 0.3 is 0 Å². The van der Waals surface area contributed by atoms with Crippen molar-refractivity contribution in [1.82, 2.24) is 19.3 Å². The highest BCUT2D eigenvalue weighted by atomic mass is 127. The number of aromatic nitrogens is 4. The predicted octanol–water partition coefficient (Wildman–Crippen LogP) is 3.13. The Morgan fingerprint density at radius 3 is 2.90 bits per heavy atom. The molecule has 0 atom stereocenters. The van der Waals surface area contributed by atoms with Crippen LogP contribution in [-0.2, 0) is 20.0 Å². The molecule has 0 aliphatic heterocycles. The summed E-state index contributed by atoms with van der Waals surface area (Å²) in [7, 11) is 2.02. The van der Waals surface area contributed by atoms with Gasteiger partial charge in [-0.3, -0.25) is 4.68 Å². The molecule has 3 rings (SSSR count). The summed E-state index contributed by atoms with van der Waals surface area (Å²) in [6.45, 7) is 0.842. The maximum atomic E-state index is 4.43. The van der Waals surface area contributed by atoms with Gasteiger partial charge in [0, 0.05) is 47.7 Å². The molecule has 0 aliphatic rings. The molecule has 5 heteroatoms. The number of aryl methyl sites for hydroxylation is 3. The zero-order valence-corrected chi connectivity index (χ0v) is 13.4. The fourth-order valence-electron chi connectivity index (χ4n) is 2.15. The summed E-state index contributed by atoms with van der Waals surface area (Å²) < 4.78 is 5.26. The van der Waals surface area contributed by atoms with Crippen LogP contribution in [0.2, 0.25) is 0 Å². The van der Waals surface area contributed by atoms with Crippen LogP contribution >= 0.6 is 22.6 Å². The molecule has 0 aliphatic carbocycles. The van der Waals surface area contributed by atoms with E-state index >= 15 is 0 Å². The Bertz CT molecular complexity index is 714. The smallest absolute Gasteiger partial charge is 0.110 e. The summed E-state index contributed by atoms with van der Waals surface area (Å²) in [4.78, 5) is 4.33. The molecule has 0 fully saturated rings. The van der Waals surface area contributed by atoms with E-state index in [1.54, 1.807) is 0 Å². The molecule has 0 unspecified atom stereocenters. The van der Waals surface area contributed by atoms with Gasteiger partial charge in [-0.15, -0.1) is 0 Å². The van der Waals surface area contributed by atoms with Gasteiger partial charge < -0.3 is 4.57 Å². The number of halogens is 1. The highest BCUT2D eigenvalue weighted by Gasteiger charge is 2.04. The minimum Gasteiger partial charge on any atom is -0.338 e. The van der Waals surface area contributed by atoms with Gasteiger partial charge in [-0.25, -0.2) is 4.98 Å². The van der Waals surface area contributed by atoms with Crippen molar-refractivity contribution in [3.05, 3.63) is 58.4 Å². The number of rotatable bonds is 4. The van der Waals surface area contributed by atoms with Crippen LogP contribution in [0.5, 0.6) is 0 Å². The Kier molecular flexibility index (Phi) is 3.86. The van der Waals surface area contributed by atoms with Crippen LogP contribution in [0.3, 0.4) is 0 Å². The first-order chi connectivity index (χ1) is 9.72. The maximum absolute atomic E-state index is 4.43. The molecule has 0 amide bonds. The van der Waals surface area contributed by atoms with Crippen LogP contribution < -0.4 is 0 Å². The van der Waals surface area contributed by atoms with Crippen LogP contribution in [0.15, 0.2) is 49.1 Å². The molecule has 4 nitrogen and oxygen atoms in total. The lowest BCUT2D eigenvalue weighted by atomic mass is 10.1. The highest BCUT2D eigenvalue weighted by Crippen LogP contribution is 2.20. The van der Waals surface area contributed by atoms with Crippen LogP contribution in [0, 0.1) is 3.57 Å². The van der Waals surface area contributed by atoms with Gasteiger partial charge in [-0.1, -0.05) is 12.1 Å².